The number of hydrogen-bond donors (Lipinski definition) is 0. The molecule has 5 heteroatoms. The zero-order valence-corrected chi connectivity index (χ0v) is 3.79. The molecule has 4 nitrogen and oxygen atoms in total. The van der Waals surface area contributed by atoms with Gasteiger partial charge in [-0.05, 0) is 0 Å². The minimum absolute atomic E-state index is 0. The monoisotopic (exact) mass is 114 g/mol. The van der Waals surface area contributed by atoms with Gasteiger partial charge in [-0.2, -0.15) is 0 Å². The first-order valence-corrected chi connectivity index (χ1v) is 2.52. The molecule has 0 amide bonds. The van der Waals surface area contributed by atoms with Crippen LogP contribution in [-0.4, -0.2) is 5.48 Å². The zero-order chi connectivity index (χ0) is 3.58. The topological polar surface area (TPSA) is 82.7 Å². The van der Waals surface area contributed by atoms with Crippen LogP contribution in [0.5, 0.6) is 0 Å². The molecule has 30 valence electrons. The molecule has 0 radical (unpaired) electrons. The molecule has 0 fully saturated rings. The maximum absolute atomic E-state index is 8.58. The summed E-state index contributed by atoms with van der Waals surface area (Å²) in [7, 11) is 0. The summed E-state index contributed by atoms with van der Waals surface area (Å²) in [5.74, 6) is 0. The van der Waals surface area contributed by atoms with Crippen LogP contribution < -0.4 is 0 Å². The molecule has 0 spiro atoms. The molecule has 0 aromatic heterocycles. The Balaban J connectivity index is 0. The molecule has 0 aromatic carbocycles. The van der Waals surface area contributed by atoms with E-state index < -0.39 is 17.8 Å². The molecule has 0 aromatic rings. The molecule has 0 aliphatic carbocycles. The number of rotatable bonds is 0. The fourth-order valence-corrected chi connectivity index (χ4v) is 0. The first-order chi connectivity index (χ1) is 1.73. The first kappa shape index (κ1) is 8.91. The molecular formula is H2O4Ti. The maximum atomic E-state index is 8.58. The fourth-order valence-electron chi connectivity index (χ4n) is 0. The molecule has 0 aliphatic rings. The van der Waals surface area contributed by atoms with E-state index in [0.29, 0.717) is 0 Å². The van der Waals surface area contributed by atoms with Crippen LogP contribution in [0.15, 0.2) is 0 Å². The van der Waals surface area contributed by atoms with Crippen molar-refractivity contribution in [3.8, 4) is 0 Å². The van der Waals surface area contributed by atoms with Crippen molar-refractivity contribution in [1.82, 2.24) is 0 Å². The summed E-state index contributed by atoms with van der Waals surface area (Å²) < 4.78 is 25.8. The second kappa shape index (κ2) is 4.07. The van der Waals surface area contributed by atoms with Crippen LogP contribution in [0, 0.1) is 0 Å². The van der Waals surface area contributed by atoms with Crippen LogP contribution in [0.4, 0.5) is 0 Å². The van der Waals surface area contributed by atoms with Crippen LogP contribution in [0.1, 0.15) is 0 Å². The summed E-state index contributed by atoms with van der Waals surface area (Å²) in [4.78, 5) is 0. The Kier molecular flexibility index (Phi) is 7.26. The van der Waals surface area contributed by atoms with Gasteiger partial charge in [0.2, 0.25) is 0 Å². The van der Waals surface area contributed by atoms with Gasteiger partial charge in [0, 0.05) is 0 Å². The van der Waals surface area contributed by atoms with Crippen molar-refractivity contribution >= 4 is 0 Å². The predicted molar refractivity (Wildman–Crippen MR) is 5.67 cm³/mol. The molecular weight excluding hydrogens is 112 g/mol. The summed E-state index contributed by atoms with van der Waals surface area (Å²) in [6.45, 7) is 0. The minimum atomic E-state index is -4.08. The van der Waals surface area contributed by atoms with Crippen molar-refractivity contribution in [2.75, 3.05) is 0 Å². The van der Waals surface area contributed by atoms with Gasteiger partial charge in [-0.3, -0.25) is 0 Å². The van der Waals surface area contributed by atoms with Gasteiger partial charge in [0.25, 0.3) is 0 Å². The SMILES string of the molecule is O.[O]=[Ti](=[O])=[O]. The summed E-state index contributed by atoms with van der Waals surface area (Å²) in [6.07, 6.45) is 0. The fraction of sp³-hybridized carbons (Fsp3) is 0. The Bertz CT molecular complexity index is 73.0. The van der Waals surface area contributed by atoms with Gasteiger partial charge >= 0.3 is 27.8 Å². The summed E-state index contributed by atoms with van der Waals surface area (Å²) >= 11 is -4.08. The predicted octanol–water partition coefficient (Wildman–Crippen LogP) is -1.18. The quantitative estimate of drug-likeness (QED) is 0.371. The van der Waals surface area contributed by atoms with Crippen LogP contribution in [0.25, 0.3) is 0 Å². The van der Waals surface area contributed by atoms with Crippen molar-refractivity contribution in [1.29, 1.82) is 0 Å². The van der Waals surface area contributed by atoms with E-state index in [1.54, 1.807) is 0 Å². The Labute approximate surface area is 33.9 Å². The second-order valence-electron chi connectivity index (χ2n) is 0.250. The summed E-state index contributed by atoms with van der Waals surface area (Å²) in [5, 5.41) is 0. The normalized spacial score (nSPS) is 3.00. The third kappa shape index (κ3) is 3180. The molecule has 0 saturated heterocycles. The third-order valence-electron chi connectivity index (χ3n) is 0. The van der Waals surface area contributed by atoms with E-state index in [0.717, 1.165) is 0 Å². The average molecular weight is 114 g/mol. The van der Waals surface area contributed by atoms with Crippen molar-refractivity contribution in [3.63, 3.8) is 0 Å². The van der Waals surface area contributed by atoms with E-state index in [-0.39, 0.29) is 5.48 Å². The molecule has 5 heavy (non-hydrogen) atoms. The van der Waals surface area contributed by atoms with Crippen LogP contribution in [0.3, 0.4) is 0 Å². The summed E-state index contributed by atoms with van der Waals surface area (Å²) in [6, 6.07) is 0. The van der Waals surface area contributed by atoms with E-state index in [2.05, 4.69) is 0 Å². The van der Waals surface area contributed by atoms with E-state index >= 15 is 0 Å². The molecule has 0 saturated carbocycles. The van der Waals surface area contributed by atoms with Crippen LogP contribution in [0.2, 0.25) is 0 Å². The molecule has 0 unspecified atom stereocenters. The first-order valence-electron chi connectivity index (χ1n) is 0.612. The molecule has 0 rings (SSSR count). The van der Waals surface area contributed by atoms with Gasteiger partial charge in [-0.25, -0.2) is 0 Å². The van der Waals surface area contributed by atoms with Gasteiger partial charge in [-0.15, -0.1) is 0 Å². The van der Waals surface area contributed by atoms with Gasteiger partial charge in [0.05, 0.1) is 0 Å². The Hall–Kier alpha value is 0.0743. The number of hydrogen-bond acceptors (Lipinski definition) is 3. The van der Waals surface area contributed by atoms with Crippen LogP contribution in [-0.2, 0) is 27.8 Å². The molecule has 0 atom stereocenters. The van der Waals surface area contributed by atoms with Gasteiger partial charge in [0.15, 0.2) is 0 Å². The Morgan fingerprint density at radius 3 is 1.00 bits per heavy atom. The van der Waals surface area contributed by atoms with E-state index in [1.165, 1.54) is 0 Å². The Morgan fingerprint density at radius 2 is 1.00 bits per heavy atom. The van der Waals surface area contributed by atoms with E-state index in [9.17, 15) is 0 Å². The van der Waals surface area contributed by atoms with Crippen LogP contribution >= 0.6 is 0 Å². The molecule has 0 bridgehead atoms. The summed E-state index contributed by atoms with van der Waals surface area (Å²) in [5.41, 5.74) is 0. The average Bonchev–Trinajstić information content (AvgIpc) is 0.811. The second-order valence-corrected chi connectivity index (χ2v) is 1.03. The molecule has 2 N–H and O–H groups in total. The van der Waals surface area contributed by atoms with Crippen molar-refractivity contribution in [3.05, 3.63) is 0 Å². The third-order valence-corrected chi connectivity index (χ3v) is 0. The van der Waals surface area contributed by atoms with E-state index in [1.807, 2.05) is 0 Å². The van der Waals surface area contributed by atoms with Crippen molar-refractivity contribution < 1.29 is 33.2 Å². The van der Waals surface area contributed by atoms with Crippen molar-refractivity contribution in [2.24, 2.45) is 0 Å². The standard InChI is InChI=1S/H2O.3O.Ti/h1H2;;;;. The van der Waals surface area contributed by atoms with E-state index in [4.69, 9.17) is 9.97 Å². The van der Waals surface area contributed by atoms with Gasteiger partial charge in [0.1, 0.15) is 0 Å². The van der Waals surface area contributed by atoms with Crippen molar-refractivity contribution in [2.45, 2.75) is 0 Å². The zero-order valence-electron chi connectivity index (χ0n) is 2.22. The van der Waals surface area contributed by atoms with Gasteiger partial charge < -0.3 is 5.48 Å². The van der Waals surface area contributed by atoms with Gasteiger partial charge in [-0.1, -0.05) is 0 Å². The Morgan fingerprint density at radius 1 is 1.00 bits per heavy atom. The molecule has 0 aliphatic heterocycles. The molecule has 0 heterocycles.